The fraction of sp³-hybridized carbons (Fsp3) is 0.120. The quantitative estimate of drug-likeness (QED) is 0.135. The Kier molecular flexibility index (Phi) is 6.25. The van der Waals surface area contributed by atoms with Gasteiger partial charge in [-0.25, -0.2) is 0 Å². The first-order valence-corrected chi connectivity index (χ1v) is 18.6. The lowest BCUT2D eigenvalue weighted by Crippen LogP contribution is -2.10. The average molecular weight is 652 g/mol. The van der Waals surface area contributed by atoms with Gasteiger partial charge in [0, 0.05) is 16.8 Å². The van der Waals surface area contributed by atoms with Crippen molar-refractivity contribution in [1.82, 2.24) is 0 Å². The van der Waals surface area contributed by atoms with E-state index in [1.807, 2.05) is 0 Å². The maximum Gasteiger partial charge on any atom is 0.0540 e. The van der Waals surface area contributed by atoms with Crippen LogP contribution in [0, 0.1) is 6.92 Å². The fourth-order valence-corrected chi connectivity index (χ4v) is 9.45. The van der Waals surface area contributed by atoms with Gasteiger partial charge in [-0.05, 0) is 139 Å². The second kappa shape index (κ2) is 11.0. The molecular weight excluding hydrogens is 615 g/mol. The minimum atomic E-state index is 1.17. The summed E-state index contributed by atoms with van der Waals surface area (Å²) in [6, 6.07) is 52.9. The maximum atomic E-state index is 2.45. The first kappa shape index (κ1) is 28.9. The van der Waals surface area contributed by atoms with E-state index in [1.54, 1.807) is 5.57 Å². The monoisotopic (exact) mass is 651 g/mol. The van der Waals surface area contributed by atoms with E-state index in [2.05, 4.69) is 157 Å². The number of fused-ring (bicyclic) bond motifs is 4. The molecule has 1 aliphatic carbocycles. The number of aryl methyl sites for hydroxylation is 1. The van der Waals surface area contributed by atoms with Gasteiger partial charge in [-0.15, -0.1) is 0 Å². The number of nitrogens with zero attached hydrogens (tertiary/aromatic N) is 1. The van der Waals surface area contributed by atoms with Crippen LogP contribution in [0.15, 0.2) is 145 Å². The molecule has 0 aromatic heterocycles. The van der Waals surface area contributed by atoms with Crippen LogP contribution in [0.3, 0.4) is 0 Å². The summed E-state index contributed by atoms with van der Waals surface area (Å²) >= 11 is 0. The highest BCUT2D eigenvalue weighted by Crippen LogP contribution is 2.49. The van der Waals surface area contributed by atoms with Crippen molar-refractivity contribution in [2.75, 3.05) is 4.90 Å². The van der Waals surface area contributed by atoms with Crippen molar-refractivity contribution in [2.24, 2.45) is 0 Å². The van der Waals surface area contributed by atoms with E-state index in [-0.39, 0.29) is 0 Å². The second-order valence-electron chi connectivity index (χ2n) is 14.8. The molecule has 1 fully saturated rings. The van der Waals surface area contributed by atoms with Crippen molar-refractivity contribution < 1.29 is 0 Å². The van der Waals surface area contributed by atoms with Crippen LogP contribution >= 0.6 is 0 Å². The van der Waals surface area contributed by atoms with Gasteiger partial charge in [0.2, 0.25) is 0 Å². The molecule has 0 atom stereocenters. The first-order chi connectivity index (χ1) is 25.2. The molecule has 0 N–H and O–H groups in total. The predicted octanol–water partition coefficient (Wildman–Crippen LogP) is 14.8. The highest BCUT2D eigenvalue weighted by Gasteiger charge is 2.22. The van der Waals surface area contributed by atoms with Gasteiger partial charge >= 0.3 is 0 Å². The molecule has 1 saturated carbocycles. The van der Waals surface area contributed by atoms with Crippen LogP contribution in [-0.4, -0.2) is 0 Å². The van der Waals surface area contributed by atoms with Crippen LogP contribution in [0.5, 0.6) is 0 Å². The summed E-state index contributed by atoms with van der Waals surface area (Å²) in [5, 5.41) is 18.7. The fourth-order valence-electron chi connectivity index (χ4n) is 9.45. The van der Waals surface area contributed by atoms with Gasteiger partial charge in [0.1, 0.15) is 0 Å². The van der Waals surface area contributed by atoms with E-state index in [0.29, 0.717) is 0 Å². The predicted molar refractivity (Wildman–Crippen MR) is 222 cm³/mol. The standard InChI is InChI=1S/C50H37N/c1-31-16-20-35(21-17-31)51(36-22-18-33(19-23-36)30-32-8-3-2-4-9-32)46-29-28-40-44-27-25-42-38-13-6-11-34-10-5-12-37(47(34)38)41-24-26-43(50(44)49(41)42)39-14-7-15-45(46)48(39)40/h5-7,10-30H,2-4,8-9H2,1H3. The summed E-state index contributed by atoms with van der Waals surface area (Å²) in [6.45, 7) is 2.16. The summed E-state index contributed by atoms with van der Waals surface area (Å²) in [5.74, 6) is 0. The topological polar surface area (TPSA) is 3.24 Å². The number of hydrogen-bond acceptors (Lipinski definition) is 1. The molecule has 1 aliphatic rings. The molecule has 0 radical (unpaired) electrons. The minimum Gasteiger partial charge on any atom is -0.310 e. The first-order valence-electron chi connectivity index (χ1n) is 18.6. The number of anilines is 3. The third kappa shape index (κ3) is 4.28. The highest BCUT2D eigenvalue weighted by molar-refractivity contribution is 6.42. The summed E-state index contributed by atoms with van der Waals surface area (Å²) in [6.07, 6.45) is 8.91. The summed E-state index contributed by atoms with van der Waals surface area (Å²) in [5.41, 5.74) is 7.70. The van der Waals surface area contributed by atoms with Crippen LogP contribution in [0.25, 0.3) is 81.5 Å². The molecule has 0 unspecified atom stereocenters. The summed E-state index contributed by atoms with van der Waals surface area (Å²) < 4.78 is 0. The Hall–Kier alpha value is -5.92. The van der Waals surface area contributed by atoms with E-state index in [9.17, 15) is 0 Å². The van der Waals surface area contributed by atoms with E-state index in [0.717, 1.165) is 0 Å². The minimum absolute atomic E-state index is 1.17. The van der Waals surface area contributed by atoms with Crippen LogP contribution < -0.4 is 4.90 Å². The van der Waals surface area contributed by atoms with Crippen molar-refractivity contribution in [3.05, 3.63) is 156 Å². The van der Waals surface area contributed by atoms with E-state index in [4.69, 9.17) is 0 Å². The lowest BCUT2D eigenvalue weighted by atomic mass is 9.84. The van der Waals surface area contributed by atoms with Gasteiger partial charge in [-0.3, -0.25) is 0 Å². The average Bonchev–Trinajstić information content (AvgIpc) is 3.18. The molecule has 0 amide bonds. The largest absolute Gasteiger partial charge is 0.310 e. The van der Waals surface area contributed by atoms with E-state index < -0.39 is 0 Å². The molecule has 1 heteroatoms. The molecule has 0 saturated heterocycles. The van der Waals surface area contributed by atoms with Gasteiger partial charge in [0.15, 0.2) is 0 Å². The van der Waals surface area contributed by atoms with E-state index >= 15 is 0 Å². The molecule has 11 rings (SSSR count). The zero-order valence-electron chi connectivity index (χ0n) is 28.8. The molecule has 0 spiro atoms. The maximum absolute atomic E-state index is 2.45. The Morgan fingerprint density at radius 3 is 1.49 bits per heavy atom. The summed E-state index contributed by atoms with van der Waals surface area (Å²) in [4.78, 5) is 2.45. The molecular formula is C50H37N. The molecule has 10 aromatic carbocycles. The van der Waals surface area contributed by atoms with Gasteiger partial charge < -0.3 is 4.90 Å². The third-order valence-corrected chi connectivity index (χ3v) is 11.8. The van der Waals surface area contributed by atoms with Crippen LogP contribution in [0.1, 0.15) is 43.2 Å². The number of benzene rings is 10. The highest BCUT2D eigenvalue weighted by atomic mass is 15.1. The Morgan fingerprint density at radius 1 is 0.412 bits per heavy atom. The van der Waals surface area contributed by atoms with Gasteiger partial charge in [-0.2, -0.15) is 0 Å². The lowest BCUT2D eigenvalue weighted by molar-refractivity contribution is 0.602. The van der Waals surface area contributed by atoms with Crippen molar-refractivity contribution in [2.45, 2.75) is 39.0 Å². The Labute approximate surface area is 297 Å². The Bertz CT molecular complexity index is 2870. The zero-order chi connectivity index (χ0) is 33.6. The SMILES string of the molecule is Cc1ccc(N(c2ccc(C=C3CCCCC3)cc2)c2ccc3c4ccc5c6cccc7cccc(c8ccc(c9cccc2c93)c4c85)c76)cc1. The third-order valence-electron chi connectivity index (χ3n) is 11.8. The number of hydrogen-bond donors (Lipinski definition) is 0. The van der Waals surface area contributed by atoms with Crippen molar-refractivity contribution in [1.29, 1.82) is 0 Å². The van der Waals surface area contributed by atoms with Gasteiger partial charge in [0.05, 0.1) is 5.69 Å². The number of rotatable bonds is 4. The molecule has 1 nitrogen and oxygen atoms in total. The summed E-state index contributed by atoms with van der Waals surface area (Å²) in [7, 11) is 0. The Balaban J connectivity index is 1.17. The smallest absolute Gasteiger partial charge is 0.0540 e. The van der Waals surface area contributed by atoms with Crippen LogP contribution in [-0.2, 0) is 0 Å². The van der Waals surface area contributed by atoms with Crippen LogP contribution in [0.2, 0.25) is 0 Å². The molecule has 0 bridgehead atoms. The van der Waals surface area contributed by atoms with Crippen molar-refractivity contribution >= 4 is 98.5 Å². The molecule has 0 heterocycles. The van der Waals surface area contributed by atoms with Crippen molar-refractivity contribution in [3.8, 4) is 0 Å². The van der Waals surface area contributed by atoms with Crippen LogP contribution in [0.4, 0.5) is 17.1 Å². The molecule has 10 aromatic rings. The Morgan fingerprint density at radius 2 is 0.882 bits per heavy atom. The van der Waals surface area contributed by atoms with E-state index in [1.165, 1.54) is 136 Å². The normalized spacial score (nSPS) is 13.9. The molecule has 51 heavy (non-hydrogen) atoms. The van der Waals surface area contributed by atoms with Gasteiger partial charge in [0.25, 0.3) is 0 Å². The van der Waals surface area contributed by atoms with Crippen molar-refractivity contribution in [3.63, 3.8) is 0 Å². The van der Waals surface area contributed by atoms with Gasteiger partial charge in [-0.1, -0.05) is 133 Å². The number of allylic oxidation sites excluding steroid dienone is 1. The second-order valence-corrected chi connectivity index (χ2v) is 14.8. The molecule has 0 aliphatic heterocycles. The lowest BCUT2D eigenvalue weighted by Gasteiger charge is -2.28. The zero-order valence-corrected chi connectivity index (χ0v) is 28.8. The molecule has 242 valence electrons.